The zero-order chi connectivity index (χ0) is 12.6. The van der Waals surface area contributed by atoms with Gasteiger partial charge in [-0.2, -0.15) is 4.98 Å². The van der Waals surface area contributed by atoms with E-state index in [0.29, 0.717) is 0 Å². The lowest BCUT2D eigenvalue weighted by Gasteiger charge is -2.01. The molecule has 0 radical (unpaired) electrons. The van der Waals surface area contributed by atoms with Gasteiger partial charge in [-0.25, -0.2) is 8.78 Å². The molecule has 0 fully saturated rings. The van der Waals surface area contributed by atoms with E-state index in [0.717, 1.165) is 6.07 Å². The molecule has 2 rings (SSSR count). The molecule has 0 saturated carbocycles. The summed E-state index contributed by atoms with van der Waals surface area (Å²) < 4.78 is 30.9. The number of benzene rings is 1. The third-order valence-electron chi connectivity index (χ3n) is 2.08. The monoisotopic (exact) mass is 304 g/mol. The van der Waals surface area contributed by atoms with Crippen LogP contribution in [0.3, 0.4) is 0 Å². The Hall–Kier alpha value is -1.34. The Bertz CT molecular complexity index is 557. The molecule has 1 N–H and O–H groups in total. The molecule has 2 aromatic rings. The number of hydrogen-bond donors (Lipinski definition) is 1. The van der Waals surface area contributed by atoms with Gasteiger partial charge in [-0.3, -0.25) is 0 Å². The molecule has 7 heteroatoms. The van der Waals surface area contributed by atoms with Crippen LogP contribution < -0.4 is 0 Å². The Balaban J connectivity index is 2.49. The van der Waals surface area contributed by atoms with Gasteiger partial charge in [0.25, 0.3) is 5.89 Å². The van der Waals surface area contributed by atoms with Crippen molar-refractivity contribution in [3.63, 3.8) is 0 Å². The first kappa shape index (κ1) is 12.1. The third kappa shape index (κ3) is 2.20. The van der Waals surface area contributed by atoms with Crippen LogP contribution in [0, 0.1) is 11.6 Å². The van der Waals surface area contributed by atoms with Gasteiger partial charge in [-0.15, -0.1) is 0 Å². The second-order valence-electron chi connectivity index (χ2n) is 3.36. The van der Waals surface area contributed by atoms with Crippen molar-refractivity contribution in [2.75, 3.05) is 0 Å². The van der Waals surface area contributed by atoms with Gasteiger partial charge < -0.3 is 9.63 Å². The van der Waals surface area contributed by atoms with E-state index in [9.17, 15) is 13.9 Å². The van der Waals surface area contributed by atoms with E-state index < -0.39 is 17.7 Å². The van der Waals surface area contributed by atoms with Crippen molar-refractivity contribution >= 4 is 15.9 Å². The molecular weight excluding hydrogens is 298 g/mol. The van der Waals surface area contributed by atoms with Crippen LogP contribution in [0.1, 0.15) is 18.9 Å². The summed E-state index contributed by atoms with van der Waals surface area (Å²) in [4.78, 5) is 3.86. The number of nitrogens with zero attached hydrogens (tertiary/aromatic N) is 2. The zero-order valence-corrected chi connectivity index (χ0v) is 10.2. The number of halogens is 3. The van der Waals surface area contributed by atoms with Gasteiger partial charge in [-0.05, 0) is 35.0 Å². The first-order valence-corrected chi connectivity index (χ1v) is 5.45. The fourth-order valence-corrected chi connectivity index (χ4v) is 1.71. The third-order valence-corrected chi connectivity index (χ3v) is 2.85. The summed E-state index contributed by atoms with van der Waals surface area (Å²) in [6.07, 6.45) is -0.916. The second kappa shape index (κ2) is 4.50. The van der Waals surface area contributed by atoms with Crippen molar-refractivity contribution in [1.82, 2.24) is 10.1 Å². The van der Waals surface area contributed by atoms with Crippen molar-refractivity contribution in [3.05, 3.63) is 34.1 Å². The Labute approximate surface area is 103 Å². The number of rotatable bonds is 2. The fourth-order valence-electron chi connectivity index (χ4n) is 1.21. The molecule has 0 saturated heterocycles. The minimum Gasteiger partial charge on any atom is -0.384 e. The Kier molecular flexibility index (Phi) is 3.21. The van der Waals surface area contributed by atoms with Gasteiger partial charge in [0, 0.05) is 5.56 Å². The molecule has 0 bridgehead atoms. The molecule has 4 nitrogen and oxygen atoms in total. The van der Waals surface area contributed by atoms with Gasteiger partial charge in [0.05, 0.1) is 4.47 Å². The van der Waals surface area contributed by atoms with Crippen LogP contribution in [0.5, 0.6) is 0 Å². The van der Waals surface area contributed by atoms with Gasteiger partial charge in [0.1, 0.15) is 6.10 Å². The molecule has 90 valence electrons. The maximum absolute atomic E-state index is 13.3. The van der Waals surface area contributed by atoms with Crippen LogP contribution in [0.15, 0.2) is 21.1 Å². The minimum absolute atomic E-state index is 0.0108. The molecule has 1 unspecified atom stereocenters. The van der Waals surface area contributed by atoms with Crippen LogP contribution >= 0.6 is 15.9 Å². The SMILES string of the molecule is CC(O)c1nc(-c2ccc(F)c(F)c2Br)no1. The van der Waals surface area contributed by atoms with Crippen LogP contribution in [0.4, 0.5) is 8.78 Å². The van der Waals surface area contributed by atoms with E-state index in [1.807, 2.05) is 0 Å². The second-order valence-corrected chi connectivity index (χ2v) is 4.15. The lowest BCUT2D eigenvalue weighted by atomic mass is 10.2. The highest BCUT2D eigenvalue weighted by Crippen LogP contribution is 2.30. The standard InChI is InChI=1S/C10H7BrF2N2O2/c1-4(16)10-14-9(15-17-10)5-2-3-6(12)8(13)7(5)11/h2-4,16H,1H3. The van der Waals surface area contributed by atoms with Crippen molar-refractivity contribution in [3.8, 4) is 11.4 Å². The van der Waals surface area contributed by atoms with Crippen LogP contribution in [0.2, 0.25) is 0 Å². The van der Waals surface area contributed by atoms with Gasteiger partial charge >= 0.3 is 0 Å². The molecule has 0 aliphatic rings. The summed E-state index contributed by atoms with van der Waals surface area (Å²) in [5, 5.41) is 12.8. The summed E-state index contributed by atoms with van der Waals surface area (Å²) in [6, 6.07) is 2.28. The normalized spacial score (nSPS) is 12.8. The average Bonchev–Trinajstić information content (AvgIpc) is 2.75. The van der Waals surface area contributed by atoms with Crippen LogP contribution in [-0.2, 0) is 0 Å². The number of aliphatic hydroxyl groups is 1. The maximum Gasteiger partial charge on any atom is 0.255 e. The smallest absolute Gasteiger partial charge is 0.255 e. The molecule has 1 atom stereocenters. The molecule has 0 aliphatic carbocycles. The molecule has 0 amide bonds. The van der Waals surface area contributed by atoms with Gasteiger partial charge in [0.15, 0.2) is 11.6 Å². The lowest BCUT2D eigenvalue weighted by Crippen LogP contribution is -1.92. The summed E-state index contributed by atoms with van der Waals surface area (Å²) in [5.74, 6) is -1.91. The van der Waals surface area contributed by atoms with E-state index in [1.165, 1.54) is 13.0 Å². The van der Waals surface area contributed by atoms with Crippen molar-refractivity contribution < 1.29 is 18.4 Å². The fraction of sp³-hybridized carbons (Fsp3) is 0.200. The van der Waals surface area contributed by atoms with Gasteiger partial charge in [-0.1, -0.05) is 5.16 Å². The minimum atomic E-state index is -1.02. The van der Waals surface area contributed by atoms with E-state index >= 15 is 0 Å². The summed E-state index contributed by atoms with van der Waals surface area (Å²) >= 11 is 2.91. The summed E-state index contributed by atoms with van der Waals surface area (Å²) in [5.41, 5.74) is 0.250. The van der Waals surface area contributed by atoms with Crippen molar-refractivity contribution in [2.24, 2.45) is 0 Å². The molecule has 1 aromatic carbocycles. The van der Waals surface area contributed by atoms with E-state index in [-0.39, 0.29) is 21.8 Å². The highest BCUT2D eigenvalue weighted by Gasteiger charge is 2.18. The zero-order valence-electron chi connectivity index (χ0n) is 8.62. The lowest BCUT2D eigenvalue weighted by molar-refractivity contribution is 0.152. The van der Waals surface area contributed by atoms with E-state index in [4.69, 9.17) is 4.52 Å². The molecular formula is C10H7BrF2N2O2. The predicted molar refractivity (Wildman–Crippen MR) is 58.0 cm³/mol. The first-order chi connectivity index (χ1) is 8.00. The largest absolute Gasteiger partial charge is 0.384 e. The Morgan fingerprint density at radius 2 is 2.12 bits per heavy atom. The first-order valence-electron chi connectivity index (χ1n) is 4.66. The van der Waals surface area contributed by atoms with Gasteiger partial charge in [0.2, 0.25) is 5.82 Å². The molecule has 1 heterocycles. The van der Waals surface area contributed by atoms with Crippen LogP contribution in [0.25, 0.3) is 11.4 Å². The quantitative estimate of drug-likeness (QED) is 0.867. The predicted octanol–water partition coefficient (Wildman–Crippen LogP) is 2.83. The number of aliphatic hydroxyl groups excluding tert-OH is 1. The highest BCUT2D eigenvalue weighted by molar-refractivity contribution is 9.10. The highest BCUT2D eigenvalue weighted by atomic mass is 79.9. The van der Waals surface area contributed by atoms with E-state index in [2.05, 4.69) is 26.1 Å². The molecule has 17 heavy (non-hydrogen) atoms. The Morgan fingerprint density at radius 1 is 1.41 bits per heavy atom. The summed E-state index contributed by atoms with van der Waals surface area (Å²) in [7, 11) is 0. The Morgan fingerprint density at radius 3 is 2.71 bits per heavy atom. The topological polar surface area (TPSA) is 59.2 Å². The maximum atomic E-state index is 13.3. The molecule has 0 aliphatic heterocycles. The average molecular weight is 305 g/mol. The number of aromatic nitrogens is 2. The number of hydrogen-bond acceptors (Lipinski definition) is 4. The van der Waals surface area contributed by atoms with Crippen molar-refractivity contribution in [2.45, 2.75) is 13.0 Å². The van der Waals surface area contributed by atoms with Crippen LogP contribution in [-0.4, -0.2) is 15.2 Å². The summed E-state index contributed by atoms with van der Waals surface area (Å²) in [6.45, 7) is 1.46. The van der Waals surface area contributed by atoms with Crippen molar-refractivity contribution in [1.29, 1.82) is 0 Å². The van der Waals surface area contributed by atoms with E-state index in [1.54, 1.807) is 0 Å². The molecule has 1 aromatic heterocycles. The molecule has 0 spiro atoms.